The first-order chi connectivity index (χ1) is 9.56. The van der Waals surface area contributed by atoms with Crippen LogP contribution in [-0.2, 0) is 4.79 Å². The number of hydrogen-bond donors (Lipinski definition) is 1. The zero-order valence-corrected chi connectivity index (χ0v) is 11.0. The second-order valence-corrected chi connectivity index (χ2v) is 4.37. The molecular formula is C15H10ClF2NO. The van der Waals surface area contributed by atoms with Crippen LogP contribution in [0.2, 0.25) is 5.02 Å². The molecule has 2 nitrogen and oxygen atoms in total. The highest BCUT2D eigenvalue weighted by Gasteiger charge is 2.04. The van der Waals surface area contributed by atoms with Crippen molar-refractivity contribution in [3.05, 3.63) is 70.8 Å². The van der Waals surface area contributed by atoms with E-state index >= 15 is 0 Å². The molecular weight excluding hydrogens is 284 g/mol. The number of carbonyl (C=O) groups excluding carboxylic acids is 1. The molecule has 0 aromatic heterocycles. The molecule has 0 radical (unpaired) electrons. The van der Waals surface area contributed by atoms with Gasteiger partial charge in [0.25, 0.3) is 0 Å². The van der Waals surface area contributed by atoms with Gasteiger partial charge in [-0.2, -0.15) is 0 Å². The van der Waals surface area contributed by atoms with Crippen LogP contribution in [0.3, 0.4) is 0 Å². The molecule has 5 heteroatoms. The van der Waals surface area contributed by atoms with Crippen molar-refractivity contribution in [3.63, 3.8) is 0 Å². The van der Waals surface area contributed by atoms with Gasteiger partial charge in [0.05, 0.1) is 5.02 Å². The van der Waals surface area contributed by atoms with Crippen molar-refractivity contribution >= 4 is 29.3 Å². The van der Waals surface area contributed by atoms with E-state index in [-0.39, 0.29) is 10.6 Å². The molecule has 0 aliphatic rings. The maximum absolute atomic E-state index is 13.5. The first-order valence-electron chi connectivity index (χ1n) is 5.75. The number of benzene rings is 2. The van der Waals surface area contributed by atoms with Crippen molar-refractivity contribution in [2.75, 3.05) is 5.32 Å². The number of hydrogen-bond acceptors (Lipinski definition) is 1. The van der Waals surface area contributed by atoms with Gasteiger partial charge in [-0.05, 0) is 42.5 Å². The number of nitrogens with one attached hydrogen (secondary N) is 1. The van der Waals surface area contributed by atoms with Gasteiger partial charge >= 0.3 is 0 Å². The van der Waals surface area contributed by atoms with E-state index in [9.17, 15) is 13.6 Å². The van der Waals surface area contributed by atoms with E-state index in [1.54, 1.807) is 0 Å². The lowest BCUT2D eigenvalue weighted by molar-refractivity contribution is -0.111. The molecule has 0 aliphatic carbocycles. The molecule has 20 heavy (non-hydrogen) atoms. The van der Waals surface area contributed by atoms with Crippen molar-refractivity contribution in [2.24, 2.45) is 0 Å². The summed E-state index contributed by atoms with van der Waals surface area (Å²) in [7, 11) is 0. The van der Waals surface area contributed by atoms with E-state index in [1.165, 1.54) is 48.5 Å². The number of rotatable bonds is 3. The van der Waals surface area contributed by atoms with E-state index in [0.29, 0.717) is 5.69 Å². The van der Waals surface area contributed by atoms with Crippen LogP contribution in [-0.4, -0.2) is 5.91 Å². The van der Waals surface area contributed by atoms with Crippen LogP contribution in [0.15, 0.2) is 48.5 Å². The molecule has 0 saturated carbocycles. The lowest BCUT2D eigenvalue weighted by Gasteiger charge is -2.02. The fourth-order valence-corrected chi connectivity index (χ4v) is 1.77. The molecule has 0 saturated heterocycles. The highest BCUT2D eigenvalue weighted by Crippen LogP contribution is 2.20. The monoisotopic (exact) mass is 293 g/mol. The molecule has 102 valence electrons. The topological polar surface area (TPSA) is 29.1 Å². The predicted octanol–water partition coefficient (Wildman–Crippen LogP) is 4.27. The molecule has 2 aromatic carbocycles. The Labute approximate surface area is 119 Å². The molecule has 0 aliphatic heterocycles. The molecule has 0 spiro atoms. The minimum absolute atomic E-state index is 0.142. The normalized spacial score (nSPS) is 10.8. The lowest BCUT2D eigenvalue weighted by Crippen LogP contribution is -2.07. The van der Waals surface area contributed by atoms with Gasteiger partial charge < -0.3 is 5.32 Å². The van der Waals surface area contributed by atoms with Gasteiger partial charge in [0, 0.05) is 17.3 Å². The van der Waals surface area contributed by atoms with E-state index in [2.05, 4.69) is 5.32 Å². The molecule has 2 aromatic rings. The van der Waals surface area contributed by atoms with Crippen LogP contribution in [0.4, 0.5) is 14.5 Å². The van der Waals surface area contributed by atoms with Crippen LogP contribution < -0.4 is 5.32 Å². The van der Waals surface area contributed by atoms with Gasteiger partial charge in [-0.15, -0.1) is 0 Å². The lowest BCUT2D eigenvalue weighted by atomic mass is 10.2. The van der Waals surface area contributed by atoms with E-state index < -0.39 is 17.5 Å². The van der Waals surface area contributed by atoms with E-state index in [0.717, 1.165) is 6.08 Å². The fraction of sp³-hybridized carbons (Fsp3) is 0. The average molecular weight is 294 g/mol. The summed E-state index contributed by atoms with van der Waals surface area (Å²) in [5.41, 5.74) is 0.587. The first-order valence-corrected chi connectivity index (χ1v) is 6.13. The summed E-state index contributed by atoms with van der Waals surface area (Å²) in [4.78, 5) is 11.6. The van der Waals surface area contributed by atoms with Gasteiger partial charge in [-0.25, -0.2) is 8.78 Å². The zero-order valence-electron chi connectivity index (χ0n) is 10.2. The van der Waals surface area contributed by atoms with Crippen LogP contribution in [0.5, 0.6) is 0 Å². The summed E-state index contributed by atoms with van der Waals surface area (Å²) in [6.07, 6.45) is 2.45. The van der Waals surface area contributed by atoms with Gasteiger partial charge in [-0.1, -0.05) is 17.7 Å². The third-order valence-corrected chi connectivity index (χ3v) is 2.84. The smallest absolute Gasteiger partial charge is 0.248 e. The van der Waals surface area contributed by atoms with Crippen LogP contribution in [0, 0.1) is 11.6 Å². The number of halogens is 3. The molecule has 1 amide bonds. The van der Waals surface area contributed by atoms with Gasteiger partial charge in [0.1, 0.15) is 11.6 Å². The summed E-state index contributed by atoms with van der Waals surface area (Å²) < 4.78 is 26.2. The molecule has 0 atom stereocenters. The van der Waals surface area contributed by atoms with Crippen molar-refractivity contribution in [3.8, 4) is 0 Å². The summed E-state index contributed by atoms with van der Waals surface area (Å²) in [5, 5.41) is 2.74. The zero-order chi connectivity index (χ0) is 14.5. The Bertz CT molecular complexity index is 633. The Morgan fingerprint density at radius 2 is 1.80 bits per heavy atom. The Balaban J connectivity index is 2.08. The molecule has 0 bridgehead atoms. The number of amides is 1. The highest BCUT2D eigenvalue weighted by molar-refractivity contribution is 6.32. The van der Waals surface area contributed by atoms with Crippen LogP contribution in [0.25, 0.3) is 6.08 Å². The largest absolute Gasteiger partial charge is 0.323 e. The number of anilines is 1. The van der Waals surface area contributed by atoms with Crippen molar-refractivity contribution in [1.82, 2.24) is 0 Å². The second kappa shape index (κ2) is 6.30. The SMILES string of the molecule is O=C(/C=C/c1c(F)cccc1Cl)Nc1ccc(F)cc1. The maximum Gasteiger partial charge on any atom is 0.248 e. The van der Waals surface area contributed by atoms with Crippen molar-refractivity contribution in [1.29, 1.82) is 0 Å². The fourth-order valence-electron chi connectivity index (χ4n) is 1.55. The standard InChI is InChI=1S/C15H10ClF2NO/c16-13-2-1-3-14(18)12(13)8-9-15(20)19-11-6-4-10(17)5-7-11/h1-9H,(H,19,20)/b9-8+. The number of carbonyl (C=O) groups is 1. The average Bonchev–Trinajstić information content (AvgIpc) is 2.41. The van der Waals surface area contributed by atoms with Gasteiger partial charge in [0.2, 0.25) is 5.91 Å². The van der Waals surface area contributed by atoms with Crippen LogP contribution >= 0.6 is 11.6 Å². The van der Waals surface area contributed by atoms with Crippen LogP contribution in [0.1, 0.15) is 5.56 Å². The summed E-state index contributed by atoms with van der Waals surface area (Å²) in [6, 6.07) is 9.58. The van der Waals surface area contributed by atoms with E-state index in [4.69, 9.17) is 11.6 Å². The Morgan fingerprint density at radius 3 is 2.45 bits per heavy atom. The van der Waals surface area contributed by atoms with Crippen molar-refractivity contribution in [2.45, 2.75) is 0 Å². The Morgan fingerprint density at radius 1 is 1.10 bits per heavy atom. The third-order valence-electron chi connectivity index (χ3n) is 2.51. The predicted molar refractivity (Wildman–Crippen MR) is 75.5 cm³/mol. The molecule has 0 heterocycles. The molecule has 1 N–H and O–H groups in total. The molecule has 2 rings (SSSR count). The summed E-state index contributed by atoms with van der Waals surface area (Å²) >= 11 is 5.83. The van der Waals surface area contributed by atoms with Gasteiger partial charge in [-0.3, -0.25) is 4.79 Å². The maximum atomic E-state index is 13.5. The third kappa shape index (κ3) is 3.65. The molecule has 0 fully saturated rings. The minimum atomic E-state index is -0.511. The first kappa shape index (κ1) is 14.2. The minimum Gasteiger partial charge on any atom is -0.323 e. The molecule has 0 unspecified atom stereocenters. The van der Waals surface area contributed by atoms with E-state index in [1.807, 2.05) is 0 Å². The quantitative estimate of drug-likeness (QED) is 0.841. The van der Waals surface area contributed by atoms with Crippen molar-refractivity contribution < 1.29 is 13.6 Å². The second-order valence-electron chi connectivity index (χ2n) is 3.96. The Kier molecular flexibility index (Phi) is 4.48. The van der Waals surface area contributed by atoms with Gasteiger partial charge in [0.15, 0.2) is 0 Å². The summed E-state index contributed by atoms with van der Waals surface area (Å²) in [6.45, 7) is 0. The Hall–Kier alpha value is -2.20. The summed E-state index contributed by atoms with van der Waals surface area (Å²) in [5.74, 6) is -1.36. The highest BCUT2D eigenvalue weighted by atomic mass is 35.5.